The maximum Gasteiger partial charge on any atom is 0.217 e. The van der Waals surface area contributed by atoms with E-state index in [0.29, 0.717) is 29.6 Å². The van der Waals surface area contributed by atoms with Gasteiger partial charge in [-0.25, -0.2) is 0 Å². The number of aliphatic hydroxyl groups is 1. The molecular formula is C18H31N3O2. The average Bonchev–Trinajstić information content (AvgIpc) is 2.87. The fraction of sp³-hybridized carbons (Fsp3) is 0.778. The Balaban J connectivity index is 2.09. The summed E-state index contributed by atoms with van der Waals surface area (Å²) in [5.41, 5.74) is 1.43. The van der Waals surface area contributed by atoms with Crippen molar-refractivity contribution in [2.75, 3.05) is 26.7 Å². The minimum atomic E-state index is 0.220. The molecular weight excluding hydrogens is 290 g/mol. The van der Waals surface area contributed by atoms with Gasteiger partial charge in [-0.05, 0) is 44.1 Å². The maximum atomic E-state index is 9.12. The van der Waals surface area contributed by atoms with Crippen LogP contribution in [-0.2, 0) is 6.42 Å². The number of hydrogen-bond donors (Lipinski definition) is 1. The van der Waals surface area contributed by atoms with Crippen molar-refractivity contribution in [2.24, 2.45) is 23.7 Å². The minimum Gasteiger partial charge on any atom is -0.426 e. The molecule has 0 saturated heterocycles. The average molecular weight is 321 g/mol. The Kier molecular flexibility index (Phi) is 6.36. The van der Waals surface area contributed by atoms with E-state index >= 15 is 0 Å². The highest BCUT2D eigenvalue weighted by molar-refractivity contribution is 5.14. The molecule has 5 heteroatoms. The molecule has 0 radical (unpaired) electrons. The van der Waals surface area contributed by atoms with Crippen molar-refractivity contribution < 1.29 is 9.52 Å². The van der Waals surface area contributed by atoms with E-state index in [4.69, 9.17) is 9.52 Å². The number of allylic oxidation sites excluding steroid dienone is 1. The summed E-state index contributed by atoms with van der Waals surface area (Å²) in [6.07, 6.45) is 4.45. The Morgan fingerprint density at radius 1 is 1.35 bits per heavy atom. The number of aromatic nitrogens is 2. The van der Waals surface area contributed by atoms with Crippen molar-refractivity contribution in [3.8, 4) is 0 Å². The monoisotopic (exact) mass is 321 g/mol. The molecule has 0 aromatic carbocycles. The van der Waals surface area contributed by atoms with Crippen LogP contribution in [-0.4, -0.2) is 46.9 Å². The van der Waals surface area contributed by atoms with Crippen molar-refractivity contribution >= 4 is 0 Å². The molecule has 0 fully saturated rings. The Hall–Kier alpha value is -1.20. The van der Waals surface area contributed by atoms with Gasteiger partial charge in [0.2, 0.25) is 11.8 Å². The summed E-state index contributed by atoms with van der Waals surface area (Å²) < 4.78 is 5.57. The summed E-state index contributed by atoms with van der Waals surface area (Å²) in [7, 11) is 2.09. The number of aliphatic hydroxyl groups excluding tert-OH is 1. The number of likely N-dealkylation sites (N-methyl/N-ethyl adjacent to an activating group) is 1. The molecule has 1 heterocycles. The van der Waals surface area contributed by atoms with Crippen LogP contribution < -0.4 is 0 Å². The van der Waals surface area contributed by atoms with Gasteiger partial charge in [-0.15, -0.1) is 10.2 Å². The van der Waals surface area contributed by atoms with Crippen LogP contribution in [0.5, 0.6) is 0 Å². The molecule has 5 nitrogen and oxygen atoms in total. The smallest absolute Gasteiger partial charge is 0.217 e. The zero-order valence-electron chi connectivity index (χ0n) is 15.1. The van der Waals surface area contributed by atoms with Gasteiger partial charge in [-0.1, -0.05) is 25.5 Å². The highest BCUT2D eigenvalue weighted by Crippen LogP contribution is 2.39. The van der Waals surface area contributed by atoms with E-state index in [0.717, 1.165) is 25.4 Å². The molecule has 3 atom stereocenters. The molecule has 0 amide bonds. The van der Waals surface area contributed by atoms with Crippen LogP contribution in [0.1, 0.15) is 39.0 Å². The zero-order valence-corrected chi connectivity index (χ0v) is 15.1. The van der Waals surface area contributed by atoms with E-state index in [1.807, 2.05) is 6.92 Å². The molecule has 0 aliphatic heterocycles. The summed E-state index contributed by atoms with van der Waals surface area (Å²) in [5.74, 6) is 3.71. The lowest BCUT2D eigenvalue weighted by Gasteiger charge is -2.38. The van der Waals surface area contributed by atoms with Crippen LogP contribution in [0.25, 0.3) is 0 Å². The summed E-state index contributed by atoms with van der Waals surface area (Å²) in [4.78, 5) is 2.23. The molecule has 1 N–H and O–H groups in total. The third-order valence-corrected chi connectivity index (χ3v) is 5.08. The molecule has 2 rings (SSSR count). The van der Waals surface area contributed by atoms with Crippen molar-refractivity contribution in [3.05, 3.63) is 23.4 Å². The first kappa shape index (κ1) is 18.1. The van der Waals surface area contributed by atoms with Crippen LogP contribution in [0, 0.1) is 30.6 Å². The number of hydrogen-bond acceptors (Lipinski definition) is 5. The van der Waals surface area contributed by atoms with E-state index in [1.54, 1.807) is 0 Å². The fourth-order valence-corrected chi connectivity index (χ4v) is 3.74. The highest BCUT2D eigenvalue weighted by Gasteiger charge is 2.32. The second-order valence-corrected chi connectivity index (χ2v) is 7.32. The third kappa shape index (κ3) is 4.88. The van der Waals surface area contributed by atoms with Crippen LogP contribution in [0.2, 0.25) is 0 Å². The number of rotatable bonds is 7. The van der Waals surface area contributed by atoms with E-state index in [1.165, 1.54) is 12.0 Å². The van der Waals surface area contributed by atoms with E-state index in [9.17, 15) is 0 Å². The lowest BCUT2D eigenvalue weighted by atomic mass is 9.69. The molecule has 1 aliphatic carbocycles. The molecule has 0 saturated carbocycles. The molecule has 130 valence electrons. The van der Waals surface area contributed by atoms with Gasteiger partial charge in [0.25, 0.3) is 0 Å². The van der Waals surface area contributed by atoms with Crippen LogP contribution in [0.4, 0.5) is 0 Å². The van der Waals surface area contributed by atoms with Crippen molar-refractivity contribution in [1.29, 1.82) is 0 Å². The van der Waals surface area contributed by atoms with Gasteiger partial charge in [-0.3, -0.25) is 0 Å². The second kappa shape index (κ2) is 8.06. The molecule has 1 aromatic rings. The van der Waals surface area contributed by atoms with Gasteiger partial charge in [0.15, 0.2) is 0 Å². The molecule has 1 aliphatic rings. The standard InChI is InChI=1S/C18H31N3O2/c1-12(2)17-9-15(10-18-20-19-14(4)23-18)13(3)8-16(17)11-21(5)6-7-22/h8,12,15-17,22H,6-7,9-11H2,1-5H3. The normalized spacial score (nSPS) is 25.2. The maximum absolute atomic E-state index is 9.12. The predicted molar refractivity (Wildman–Crippen MR) is 91.0 cm³/mol. The van der Waals surface area contributed by atoms with Gasteiger partial charge in [0.05, 0.1) is 6.61 Å². The zero-order chi connectivity index (χ0) is 17.0. The van der Waals surface area contributed by atoms with E-state index < -0.39 is 0 Å². The minimum absolute atomic E-state index is 0.220. The van der Waals surface area contributed by atoms with Crippen molar-refractivity contribution in [2.45, 2.75) is 40.5 Å². The predicted octanol–water partition coefficient (Wildman–Crippen LogP) is 2.70. The van der Waals surface area contributed by atoms with E-state index in [2.05, 4.69) is 49.0 Å². The van der Waals surface area contributed by atoms with Crippen LogP contribution in [0.3, 0.4) is 0 Å². The topological polar surface area (TPSA) is 62.4 Å². The molecule has 23 heavy (non-hydrogen) atoms. The first-order valence-corrected chi connectivity index (χ1v) is 8.67. The van der Waals surface area contributed by atoms with Crippen molar-refractivity contribution in [1.82, 2.24) is 15.1 Å². The number of aryl methyl sites for hydroxylation is 1. The molecule has 1 aromatic heterocycles. The second-order valence-electron chi connectivity index (χ2n) is 7.32. The Morgan fingerprint density at radius 3 is 2.65 bits per heavy atom. The largest absolute Gasteiger partial charge is 0.426 e. The Labute approximate surface area is 139 Å². The first-order valence-electron chi connectivity index (χ1n) is 8.67. The van der Waals surface area contributed by atoms with Crippen LogP contribution >= 0.6 is 0 Å². The van der Waals surface area contributed by atoms with Gasteiger partial charge in [-0.2, -0.15) is 0 Å². The van der Waals surface area contributed by atoms with Gasteiger partial charge in [0.1, 0.15) is 0 Å². The van der Waals surface area contributed by atoms with Gasteiger partial charge in [0, 0.05) is 26.4 Å². The van der Waals surface area contributed by atoms with E-state index in [-0.39, 0.29) is 6.61 Å². The highest BCUT2D eigenvalue weighted by atomic mass is 16.4. The fourth-order valence-electron chi connectivity index (χ4n) is 3.74. The molecule has 3 unspecified atom stereocenters. The van der Waals surface area contributed by atoms with Gasteiger partial charge < -0.3 is 14.4 Å². The lowest BCUT2D eigenvalue weighted by Crippen LogP contribution is -2.36. The third-order valence-electron chi connectivity index (χ3n) is 5.08. The Morgan fingerprint density at radius 2 is 2.09 bits per heavy atom. The summed E-state index contributed by atoms with van der Waals surface area (Å²) in [6, 6.07) is 0. The van der Waals surface area contributed by atoms with Crippen molar-refractivity contribution in [3.63, 3.8) is 0 Å². The molecule has 0 spiro atoms. The van der Waals surface area contributed by atoms with Crippen LogP contribution in [0.15, 0.2) is 16.1 Å². The molecule has 0 bridgehead atoms. The lowest BCUT2D eigenvalue weighted by molar-refractivity contribution is 0.156. The SMILES string of the molecule is CC1=CC(CN(C)CCO)C(C(C)C)CC1Cc1nnc(C)o1. The Bertz CT molecular complexity index is 524. The number of nitrogens with zero attached hydrogens (tertiary/aromatic N) is 3. The first-order chi connectivity index (χ1) is 10.9. The van der Waals surface area contributed by atoms with Gasteiger partial charge >= 0.3 is 0 Å². The summed E-state index contributed by atoms with van der Waals surface area (Å²) >= 11 is 0. The summed E-state index contributed by atoms with van der Waals surface area (Å²) in [5, 5.41) is 17.2. The summed E-state index contributed by atoms with van der Waals surface area (Å²) in [6.45, 7) is 10.6. The quantitative estimate of drug-likeness (QED) is 0.782.